The van der Waals surface area contributed by atoms with E-state index in [9.17, 15) is 21.6 Å². The van der Waals surface area contributed by atoms with E-state index in [0.29, 0.717) is 16.5 Å². The Labute approximate surface area is 148 Å². The van der Waals surface area contributed by atoms with Crippen molar-refractivity contribution in [3.05, 3.63) is 71.8 Å². The molecule has 3 rings (SSSR count). The van der Waals surface area contributed by atoms with Gasteiger partial charge in [0.05, 0.1) is 10.5 Å². The molecule has 3 N–H and O–H groups in total. The third-order valence-electron chi connectivity index (χ3n) is 3.93. The van der Waals surface area contributed by atoms with Gasteiger partial charge >= 0.3 is 6.18 Å². The monoisotopic (exact) mass is 380 g/mol. The summed E-state index contributed by atoms with van der Waals surface area (Å²) in [4.78, 5) is 0.0225. The van der Waals surface area contributed by atoms with Gasteiger partial charge in [-0.2, -0.15) is 13.2 Å². The molecular weight excluding hydrogens is 365 g/mol. The Hall–Kier alpha value is -2.58. The molecule has 0 radical (unpaired) electrons. The Kier molecular flexibility index (Phi) is 4.64. The first kappa shape index (κ1) is 18.2. The first-order chi connectivity index (χ1) is 12.2. The van der Waals surface area contributed by atoms with Crippen LogP contribution in [0.3, 0.4) is 0 Å². The summed E-state index contributed by atoms with van der Waals surface area (Å²) in [6.07, 6.45) is -4.48. The Balaban J connectivity index is 1.90. The van der Waals surface area contributed by atoms with Gasteiger partial charge in [-0.15, -0.1) is 0 Å². The summed E-state index contributed by atoms with van der Waals surface area (Å²) >= 11 is 0. The standard InChI is InChI=1S/C18H15F3N2O2S/c19-18(20,21)13-5-1-4-12(10-13)11-23-26(24,25)17-9-3-6-14-15(17)7-2-8-16(14)22/h1-10,23H,11,22H2. The molecule has 0 unspecified atom stereocenters. The van der Waals surface area contributed by atoms with Crippen LogP contribution in [0.25, 0.3) is 10.8 Å². The number of halogens is 3. The number of nitrogens with one attached hydrogen (secondary N) is 1. The second-order valence-corrected chi connectivity index (χ2v) is 7.46. The van der Waals surface area contributed by atoms with Crippen molar-refractivity contribution in [2.24, 2.45) is 0 Å². The van der Waals surface area contributed by atoms with Crippen molar-refractivity contribution in [2.45, 2.75) is 17.6 Å². The minimum Gasteiger partial charge on any atom is -0.398 e. The first-order valence-corrected chi connectivity index (χ1v) is 9.10. The van der Waals surface area contributed by atoms with Crippen LogP contribution in [0.1, 0.15) is 11.1 Å². The van der Waals surface area contributed by atoms with Crippen molar-refractivity contribution < 1.29 is 21.6 Å². The molecule has 26 heavy (non-hydrogen) atoms. The lowest BCUT2D eigenvalue weighted by atomic mass is 10.1. The molecule has 0 atom stereocenters. The maximum Gasteiger partial charge on any atom is 0.416 e. The summed E-state index contributed by atoms with van der Waals surface area (Å²) in [6.45, 7) is -0.259. The van der Waals surface area contributed by atoms with Crippen molar-refractivity contribution in [1.29, 1.82) is 0 Å². The van der Waals surface area contributed by atoms with E-state index in [1.54, 1.807) is 30.3 Å². The fraction of sp³-hybridized carbons (Fsp3) is 0.111. The van der Waals surface area contributed by atoms with Gasteiger partial charge in [0, 0.05) is 23.0 Å². The second kappa shape index (κ2) is 6.62. The summed E-state index contributed by atoms with van der Waals surface area (Å²) in [5.74, 6) is 0. The maximum absolute atomic E-state index is 12.8. The zero-order valence-electron chi connectivity index (χ0n) is 13.4. The maximum atomic E-state index is 12.8. The number of hydrogen-bond donors (Lipinski definition) is 2. The highest BCUT2D eigenvalue weighted by molar-refractivity contribution is 7.89. The molecule has 0 fully saturated rings. The molecular formula is C18H15F3N2O2S. The lowest BCUT2D eigenvalue weighted by Crippen LogP contribution is -2.23. The molecule has 0 aliphatic rings. The number of sulfonamides is 1. The summed E-state index contributed by atoms with van der Waals surface area (Å²) in [7, 11) is -3.94. The van der Waals surface area contributed by atoms with Crippen LogP contribution in [0.15, 0.2) is 65.6 Å². The molecule has 0 saturated heterocycles. The summed E-state index contributed by atoms with van der Waals surface area (Å²) in [6, 6.07) is 14.2. The van der Waals surface area contributed by atoms with Crippen molar-refractivity contribution >= 4 is 26.5 Å². The third-order valence-corrected chi connectivity index (χ3v) is 5.39. The van der Waals surface area contributed by atoms with Gasteiger partial charge in [0.15, 0.2) is 0 Å². The van der Waals surface area contributed by atoms with Gasteiger partial charge in [0.25, 0.3) is 0 Å². The molecule has 0 bridgehead atoms. The number of alkyl halides is 3. The van der Waals surface area contributed by atoms with Gasteiger partial charge in [-0.05, 0) is 23.8 Å². The number of nitrogens with two attached hydrogens (primary N) is 1. The predicted molar refractivity (Wildman–Crippen MR) is 93.8 cm³/mol. The van der Waals surface area contributed by atoms with Gasteiger partial charge < -0.3 is 5.73 Å². The van der Waals surface area contributed by atoms with E-state index in [1.807, 2.05) is 0 Å². The minimum atomic E-state index is -4.48. The first-order valence-electron chi connectivity index (χ1n) is 7.61. The fourth-order valence-electron chi connectivity index (χ4n) is 2.65. The number of anilines is 1. The Morgan fingerprint density at radius 3 is 2.31 bits per heavy atom. The summed E-state index contributed by atoms with van der Waals surface area (Å²) in [5.41, 5.74) is 5.70. The van der Waals surface area contributed by atoms with Gasteiger partial charge in [-0.25, -0.2) is 13.1 Å². The van der Waals surface area contributed by atoms with E-state index in [0.717, 1.165) is 12.1 Å². The van der Waals surface area contributed by atoms with Crippen molar-refractivity contribution in [3.63, 3.8) is 0 Å². The molecule has 0 amide bonds. The van der Waals surface area contributed by atoms with Crippen LogP contribution < -0.4 is 10.5 Å². The molecule has 0 saturated carbocycles. The van der Waals surface area contributed by atoms with Gasteiger partial charge in [0.1, 0.15) is 0 Å². The summed E-state index contributed by atoms with van der Waals surface area (Å²) in [5, 5.41) is 1.04. The largest absolute Gasteiger partial charge is 0.416 e. The van der Waals surface area contributed by atoms with Crippen LogP contribution in [0.5, 0.6) is 0 Å². The molecule has 3 aromatic carbocycles. The van der Waals surface area contributed by atoms with E-state index in [2.05, 4.69) is 4.72 Å². The Morgan fingerprint density at radius 2 is 1.58 bits per heavy atom. The van der Waals surface area contributed by atoms with E-state index >= 15 is 0 Å². The van der Waals surface area contributed by atoms with Gasteiger partial charge in [-0.1, -0.05) is 42.5 Å². The van der Waals surface area contributed by atoms with E-state index in [4.69, 9.17) is 5.73 Å². The lowest BCUT2D eigenvalue weighted by Gasteiger charge is -2.12. The zero-order chi connectivity index (χ0) is 18.9. The van der Waals surface area contributed by atoms with Crippen molar-refractivity contribution in [2.75, 3.05) is 5.73 Å². The normalized spacial score (nSPS) is 12.4. The van der Waals surface area contributed by atoms with Gasteiger partial charge in [-0.3, -0.25) is 0 Å². The number of nitrogen functional groups attached to an aromatic ring is 1. The molecule has 0 aliphatic heterocycles. The molecule has 0 aromatic heterocycles. The van der Waals surface area contributed by atoms with Gasteiger partial charge in [0.2, 0.25) is 10.0 Å². The zero-order valence-corrected chi connectivity index (χ0v) is 14.2. The van der Waals surface area contributed by atoms with Crippen molar-refractivity contribution in [3.8, 4) is 0 Å². The number of benzene rings is 3. The average molecular weight is 380 g/mol. The van der Waals surface area contributed by atoms with Crippen LogP contribution in [0.4, 0.5) is 18.9 Å². The number of fused-ring (bicyclic) bond motifs is 1. The minimum absolute atomic E-state index is 0.0225. The highest BCUT2D eigenvalue weighted by Gasteiger charge is 2.30. The molecule has 3 aromatic rings. The number of rotatable bonds is 4. The molecule has 0 spiro atoms. The highest BCUT2D eigenvalue weighted by atomic mass is 32.2. The second-order valence-electron chi connectivity index (χ2n) is 5.72. The SMILES string of the molecule is Nc1cccc2c(S(=O)(=O)NCc3cccc(C(F)(F)F)c3)cccc12. The lowest BCUT2D eigenvalue weighted by molar-refractivity contribution is -0.137. The predicted octanol–water partition coefficient (Wildman–Crippen LogP) is 3.92. The quantitative estimate of drug-likeness (QED) is 0.674. The topological polar surface area (TPSA) is 72.2 Å². The van der Waals surface area contributed by atoms with Crippen LogP contribution >= 0.6 is 0 Å². The summed E-state index contributed by atoms with van der Waals surface area (Å²) < 4.78 is 65.9. The Bertz CT molecular complexity index is 1060. The van der Waals surface area contributed by atoms with E-state index < -0.39 is 21.8 Å². The molecule has 136 valence electrons. The number of hydrogen-bond acceptors (Lipinski definition) is 3. The van der Waals surface area contributed by atoms with E-state index in [1.165, 1.54) is 18.2 Å². The molecule has 8 heteroatoms. The van der Waals surface area contributed by atoms with E-state index in [-0.39, 0.29) is 17.0 Å². The van der Waals surface area contributed by atoms with Crippen LogP contribution in [-0.2, 0) is 22.7 Å². The molecule has 0 heterocycles. The van der Waals surface area contributed by atoms with Crippen LogP contribution in [0.2, 0.25) is 0 Å². The Morgan fingerprint density at radius 1 is 0.923 bits per heavy atom. The van der Waals surface area contributed by atoms with Crippen LogP contribution in [0, 0.1) is 0 Å². The van der Waals surface area contributed by atoms with Crippen LogP contribution in [-0.4, -0.2) is 8.42 Å². The molecule has 0 aliphatic carbocycles. The average Bonchev–Trinajstić information content (AvgIpc) is 2.59. The smallest absolute Gasteiger partial charge is 0.398 e. The highest BCUT2D eigenvalue weighted by Crippen LogP contribution is 2.30. The third kappa shape index (κ3) is 3.66. The van der Waals surface area contributed by atoms with Crippen molar-refractivity contribution in [1.82, 2.24) is 4.72 Å². The fourth-order valence-corrected chi connectivity index (χ4v) is 3.89. The molecule has 4 nitrogen and oxygen atoms in total.